The summed E-state index contributed by atoms with van der Waals surface area (Å²) in [7, 11) is 0. The lowest BCUT2D eigenvalue weighted by atomic mass is 9.88. The van der Waals surface area contributed by atoms with E-state index in [4.69, 9.17) is 0 Å². The Labute approximate surface area is 115 Å². The van der Waals surface area contributed by atoms with Crippen molar-refractivity contribution in [3.05, 3.63) is 35.6 Å². The first kappa shape index (κ1) is 16.1. The number of hydrogen-bond donors (Lipinski definition) is 2. The average Bonchev–Trinajstić information content (AvgIpc) is 2.34. The molecule has 108 valence electrons. The van der Waals surface area contributed by atoms with Crippen LogP contribution in [0.1, 0.15) is 57.9 Å². The molecule has 0 saturated carbocycles. The quantitative estimate of drug-likeness (QED) is 0.705. The molecule has 2 atom stereocenters. The van der Waals surface area contributed by atoms with E-state index in [9.17, 15) is 14.6 Å². The third-order valence-corrected chi connectivity index (χ3v) is 3.49. The summed E-state index contributed by atoms with van der Waals surface area (Å²) in [5.41, 5.74) is -0.473. The molecule has 0 spiro atoms. The van der Waals surface area contributed by atoms with Gasteiger partial charge in [0.2, 0.25) is 0 Å². The van der Waals surface area contributed by atoms with Crippen molar-refractivity contribution < 1.29 is 14.6 Å². The minimum Gasteiger partial charge on any atom is -0.393 e. The van der Waals surface area contributed by atoms with E-state index in [-0.39, 0.29) is 12.2 Å². The molecule has 0 amide bonds. The van der Waals surface area contributed by atoms with Gasteiger partial charge < -0.3 is 10.2 Å². The number of hydrogen-bond acceptors (Lipinski definition) is 2. The monoisotopic (exact) mass is 268 g/mol. The molecule has 1 aromatic rings. The van der Waals surface area contributed by atoms with Crippen molar-refractivity contribution in [3.63, 3.8) is 0 Å². The van der Waals surface area contributed by atoms with Crippen molar-refractivity contribution in [1.29, 1.82) is 0 Å². The number of aliphatic hydroxyl groups excluding tert-OH is 1. The van der Waals surface area contributed by atoms with Gasteiger partial charge in [-0.15, -0.1) is 0 Å². The van der Waals surface area contributed by atoms with Gasteiger partial charge >= 0.3 is 0 Å². The van der Waals surface area contributed by atoms with Crippen LogP contribution in [-0.2, 0) is 5.60 Å². The Morgan fingerprint density at radius 2 is 1.79 bits per heavy atom. The van der Waals surface area contributed by atoms with Gasteiger partial charge in [-0.2, -0.15) is 0 Å². The molecule has 2 nitrogen and oxygen atoms in total. The van der Waals surface area contributed by atoms with Gasteiger partial charge in [-0.3, -0.25) is 0 Å². The number of aliphatic hydroxyl groups is 2. The number of halogens is 1. The smallest absolute Gasteiger partial charge is 0.123 e. The maximum absolute atomic E-state index is 12.8. The summed E-state index contributed by atoms with van der Waals surface area (Å²) in [5, 5.41) is 20.3. The van der Waals surface area contributed by atoms with Crippen LogP contribution in [0, 0.1) is 5.82 Å². The molecule has 0 heterocycles. The summed E-state index contributed by atoms with van der Waals surface area (Å²) in [6.07, 6.45) is 4.92. The summed E-state index contributed by atoms with van der Waals surface area (Å²) in [6.45, 7) is 3.81. The minimum atomic E-state index is -1.11. The Morgan fingerprint density at radius 3 is 2.37 bits per heavy atom. The predicted octanol–water partition coefficient (Wildman–Crippen LogP) is 3.75. The van der Waals surface area contributed by atoms with Crippen LogP contribution in [0.15, 0.2) is 24.3 Å². The molecule has 0 aliphatic carbocycles. The normalized spacial score (nSPS) is 16.1. The van der Waals surface area contributed by atoms with Crippen LogP contribution in [0.2, 0.25) is 0 Å². The molecule has 0 radical (unpaired) electrons. The molecule has 0 bridgehead atoms. The van der Waals surface area contributed by atoms with E-state index in [2.05, 4.69) is 6.92 Å². The molecule has 2 N–H and O–H groups in total. The van der Waals surface area contributed by atoms with Gasteiger partial charge in [0.05, 0.1) is 11.7 Å². The van der Waals surface area contributed by atoms with Crippen LogP contribution in [0.3, 0.4) is 0 Å². The van der Waals surface area contributed by atoms with Crippen LogP contribution in [-0.4, -0.2) is 16.3 Å². The van der Waals surface area contributed by atoms with Crippen molar-refractivity contribution in [2.45, 2.75) is 64.1 Å². The molecular formula is C16H25FO2. The predicted molar refractivity (Wildman–Crippen MR) is 75.4 cm³/mol. The first-order valence-electron chi connectivity index (χ1n) is 7.12. The van der Waals surface area contributed by atoms with E-state index in [0.29, 0.717) is 12.0 Å². The standard InChI is InChI=1S/C16H25FO2/c1-3-4-5-6-7-15(18)12-16(2,19)13-8-10-14(17)11-9-13/h8-11,15,18-19H,3-7,12H2,1-2H3/t15-,16-/m1/s1. The van der Waals surface area contributed by atoms with Crippen LogP contribution in [0.25, 0.3) is 0 Å². The average molecular weight is 268 g/mol. The summed E-state index contributed by atoms with van der Waals surface area (Å²) in [5.74, 6) is -0.320. The largest absolute Gasteiger partial charge is 0.393 e. The van der Waals surface area contributed by atoms with Crippen molar-refractivity contribution in [3.8, 4) is 0 Å². The molecule has 0 fully saturated rings. The molecule has 0 aromatic heterocycles. The fourth-order valence-electron chi connectivity index (χ4n) is 2.29. The SMILES string of the molecule is CCCCCC[C@@H](O)C[C@@](C)(O)c1ccc(F)cc1. The van der Waals surface area contributed by atoms with Gasteiger partial charge in [0.15, 0.2) is 0 Å². The summed E-state index contributed by atoms with van der Waals surface area (Å²) < 4.78 is 12.8. The first-order valence-corrected chi connectivity index (χ1v) is 7.12. The zero-order chi connectivity index (χ0) is 14.3. The number of benzene rings is 1. The first-order chi connectivity index (χ1) is 8.95. The fourth-order valence-corrected chi connectivity index (χ4v) is 2.29. The third-order valence-electron chi connectivity index (χ3n) is 3.49. The van der Waals surface area contributed by atoms with E-state index in [1.54, 1.807) is 19.1 Å². The van der Waals surface area contributed by atoms with Gasteiger partial charge in [-0.05, 0) is 31.0 Å². The van der Waals surface area contributed by atoms with Crippen molar-refractivity contribution >= 4 is 0 Å². The maximum atomic E-state index is 12.8. The lowest BCUT2D eigenvalue weighted by Gasteiger charge is -2.26. The summed E-state index contributed by atoms with van der Waals surface area (Å²) >= 11 is 0. The van der Waals surface area contributed by atoms with E-state index in [1.165, 1.54) is 25.0 Å². The highest BCUT2D eigenvalue weighted by Gasteiger charge is 2.26. The Balaban J connectivity index is 2.46. The molecule has 1 aromatic carbocycles. The van der Waals surface area contributed by atoms with Gasteiger partial charge in [-0.25, -0.2) is 4.39 Å². The van der Waals surface area contributed by atoms with E-state index >= 15 is 0 Å². The van der Waals surface area contributed by atoms with Gasteiger partial charge in [-0.1, -0.05) is 44.7 Å². The second kappa shape index (κ2) is 7.61. The number of unbranched alkanes of at least 4 members (excludes halogenated alkanes) is 3. The lowest BCUT2D eigenvalue weighted by Crippen LogP contribution is -2.27. The fraction of sp³-hybridized carbons (Fsp3) is 0.625. The zero-order valence-electron chi connectivity index (χ0n) is 11.9. The van der Waals surface area contributed by atoms with Crippen molar-refractivity contribution in [2.24, 2.45) is 0 Å². The Morgan fingerprint density at radius 1 is 1.16 bits per heavy atom. The Bertz CT molecular complexity index is 360. The molecule has 0 aliphatic rings. The van der Waals surface area contributed by atoms with Gasteiger partial charge in [0.1, 0.15) is 5.82 Å². The Kier molecular flexibility index (Phi) is 6.46. The van der Waals surface area contributed by atoms with Crippen LogP contribution < -0.4 is 0 Å². The molecule has 0 aliphatic heterocycles. The maximum Gasteiger partial charge on any atom is 0.123 e. The van der Waals surface area contributed by atoms with Crippen molar-refractivity contribution in [1.82, 2.24) is 0 Å². The number of rotatable bonds is 8. The highest BCUT2D eigenvalue weighted by atomic mass is 19.1. The van der Waals surface area contributed by atoms with Gasteiger partial charge in [0, 0.05) is 6.42 Å². The van der Waals surface area contributed by atoms with Crippen LogP contribution in [0.5, 0.6) is 0 Å². The molecule has 0 unspecified atom stereocenters. The summed E-state index contributed by atoms with van der Waals surface area (Å²) in [6, 6.07) is 5.80. The molecule has 1 rings (SSSR count). The highest BCUT2D eigenvalue weighted by molar-refractivity contribution is 5.22. The van der Waals surface area contributed by atoms with E-state index in [0.717, 1.165) is 12.8 Å². The van der Waals surface area contributed by atoms with E-state index < -0.39 is 11.7 Å². The zero-order valence-corrected chi connectivity index (χ0v) is 11.9. The van der Waals surface area contributed by atoms with Crippen LogP contribution in [0.4, 0.5) is 4.39 Å². The minimum absolute atomic E-state index is 0.282. The van der Waals surface area contributed by atoms with Crippen molar-refractivity contribution in [2.75, 3.05) is 0 Å². The van der Waals surface area contributed by atoms with Gasteiger partial charge in [0.25, 0.3) is 0 Å². The van der Waals surface area contributed by atoms with Crippen LogP contribution >= 0.6 is 0 Å². The molecule has 19 heavy (non-hydrogen) atoms. The Hall–Kier alpha value is -0.930. The topological polar surface area (TPSA) is 40.5 Å². The molecule has 0 saturated heterocycles. The lowest BCUT2D eigenvalue weighted by molar-refractivity contribution is -0.00301. The molecular weight excluding hydrogens is 243 g/mol. The second-order valence-electron chi connectivity index (χ2n) is 5.49. The van der Waals surface area contributed by atoms with E-state index in [1.807, 2.05) is 0 Å². The second-order valence-corrected chi connectivity index (χ2v) is 5.49. The summed E-state index contributed by atoms with van der Waals surface area (Å²) in [4.78, 5) is 0. The highest BCUT2D eigenvalue weighted by Crippen LogP contribution is 2.27. The molecule has 3 heteroatoms. The third kappa shape index (κ3) is 5.70.